The zero-order chi connectivity index (χ0) is 9.83. The summed E-state index contributed by atoms with van der Waals surface area (Å²) in [6.45, 7) is 0. The first-order chi connectivity index (χ1) is 5.37. The van der Waals surface area contributed by atoms with Crippen LogP contribution in [-0.2, 0) is 0 Å². The topological polar surface area (TPSA) is 0 Å². The van der Waals surface area contributed by atoms with E-state index < -0.39 is 11.8 Å². The van der Waals surface area contributed by atoms with E-state index in [9.17, 15) is 26.3 Å². The second-order valence-corrected chi connectivity index (χ2v) is 1.59. The van der Waals surface area contributed by atoms with Crippen molar-refractivity contribution in [2.24, 2.45) is 0 Å². The van der Waals surface area contributed by atoms with Crippen LogP contribution in [0.5, 0.6) is 0 Å². The van der Waals surface area contributed by atoms with Gasteiger partial charge in [0.25, 0.3) is 0 Å². The van der Waals surface area contributed by atoms with Gasteiger partial charge in [-0.3, -0.25) is 0 Å². The van der Waals surface area contributed by atoms with E-state index in [1.54, 1.807) is 0 Å². The van der Waals surface area contributed by atoms with Gasteiger partial charge >= 0.3 is 11.8 Å². The summed E-state index contributed by atoms with van der Waals surface area (Å²) in [5.74, 6) is -9.41. The van der Waals surface area contributed by atoms with Crippen LogP contribution in [0.2, 0.25) is 0 Å². The van der Waals surface area contributed by atoms with Crippen molar-refractivity contribution in [2.45, 2.75) is 11.8 Å². The molecular formula is C6F6. The average Bonchev–Trinajstić information content (AvgIpc) is 1.86. The summed E-state index contributed by atoms with van der Waals surface area (Å²) in [4.78, 5) is 0. The minimum absolute atomic E-state index is 0.102. The molecule has 0 nitrogen and oxygen atoms in total. The highest BCUT2D eigenvalue weighted by atomic mass is 19.3. The number of halogens is 6. The van der Waals surface area contributed by atoms with Gasteiger partial charge in [-0.1, -0.05) is 0 Å². The Morgan fingerprint density at radius 2 is 0.917 bits per heavy atom. The average molecular weight is 186 g/mol. The Hall–Kier alpha value is -1.30. The molecule has 12 heavy (non-hydrogen) atoms. The quantitative estimate of drug-likeness (QED) is 0.434. The predicted octanol–water partition coefficient (Wildman–Crippen LogP) is 2.12. The van der Waals surface area contributed by atoms with E-state index in [-0.39, 0.29) is 24.2 Å². The maximum absolute atomic E-state index is 12.0. The summed E-state index contributed by atoms with van der Waals surface area (Å²) in [6, 6.07) is 0. The normalized spacial score (nSPS) is 10.8. The van der Waals surface area contributed by atoms with Crippen molar-refractivity contribution in [1.82, 2.24) is 0 Å². The van der Waals surface area contributed by atoms with Crippen LogP contribution in [0.15, 0.2) is 0 Å². The number of rotatable bonds is 1. The van der Waals surface area contributed by atoms with Crippen LogP contribution >= 0.6 is 0 Å². The summed E-state index contributed by atoms with van der Waals surface area (Å²) >= 11 is 0. The lowest BCUT2D eigenvalue weighted by Gasteiger charge is -2.14. The van der Waals surface area contributed by atoms with Crippen LogP contribution in [0, 0.1) is 24.2 Å². The van der Waals surface area contributed by atoms with Crippen molar-refractivity contribution < 1.29 is 26.3 Å². The van der Waals surface area contributed by atoms with Crippen LogP contribution in [0.4, 0.5) is 26.3 Å². The minimum Gasteiger partial charge on any atom is -0.183 e. The van der Waals surface area contributed by atoms with Crippen LogP contribution < -0.4 is 0 Å². The van der Waals surface area contributed by atoms with Gasteiger partial charge in [0.2, 0.25) is 0 Å². The Bertz CT molecular complexity index is 240. The molecule has 0 aliphatic carbocycles. The van der Waals surface area contributed by atoms with Crippen LogP contribution in [-0.4, -0.2) is 11.8 Å². The van der Waals surface area contributed by atoms with Gasteiger partial charge in [0.15, 0.2) is 0 Å². The predicted molar refractivity (Wildman–Crippen MR) is 27.7 cm³/mol. The molecule has 0 saturated carbocycles. The highest BCUT2D eigenvalue weighted by Crippen LogP contribution is 2.32. The van der Waals surface area contributed by atoms with Crippen molar-refractivity contribution in [3.8, 4) is 24.2 Å². The summed E-state index contributed by atoms with van der Waals surface area (Å²) in [6.07, 6.45) is 0.205. The first-order valence-electron chi connectivity index (χ1n) is 2.38. The van der Waals surface area contributed by atoms with Gasteiger partial charge in [-0.25, -0.2) is 0 Å². The molecular weight excluding hydrogens is 186 g/mol. The van der Waals surface area contributed by atoms with Gasteiger partial charge < -0.3 is 0 Å². The summed E-state index contributed by atoms with van der Waals surface area (Å²) in [5, 5.41) is 0. The molecule has 0 aliphatic rings. The molecule has 0 heterocycles. The Labute approximate surface area is 63.6 Å². The van der Waals surface area contributed by atoms with Crippen molar-refractivity contribution in [3.63, 3.8) is 0 Å². The van der Waals surface area contributed by atoms with E-state index in [4.69, 9.17) is 0 Å². The third-order valence-corrected chi connectivity index (χ3v) is 0.803. The third kappa shape index (κ3) is 2.09. The molecule has 0 N–H and O–H groups in total. The molecule has 0 aliphatic heterocycles. The molecule has 0 saturated heterocycles. The minimum atomic E-state index is -4.99. The van der Waals surface area contributed by atoms with E-state index in [2.05, 4.69) is 0 Å². The van der Waals surface area contributed by atoms with Crippen molar-refractivity contribution >= 4 is 0 Å². The van der Waals surface area contributed by atoms with Crippen molar-refractivity contribution in [1.29, 1.82) is 0 Å². The summed E-state index contributed by atoms with van der Waals surface area (Å²) < 4.78 is 69.7. The molecule has 0 aromatic rings. The molecule has 0 bridgehead atoms. The molecule has 66 valence electrons. The smallest absolute Gasteiger partial charge is 0.183 e. The summed E-state index contributed by atoms with van der Waals surface area (Å²) in [5.41, 5.74) is 0. The Kier molecular flexibility index (Phi) is 3.03. The lowest BCUT2D eigenvalue weighted by atomic mass is 10.2. The summed E-state index contributed by atoms with van der Waals surface area (Å²) in [7, 11) is 0. The van der Waals surface area contributed by atoms with E-state index >= 15 is 0 Å². The van der Waals surface area contributed by atoms with Crippen molar-refractivity contribution in [3.05, 3.63) is 0 Å². The zero-order valence-electron chi connectivity index (χ0n) is 5.27. The standard InChI is InChI=1S/C6F6/c7-3-1-5(9,10)6(11,12)2-4-8. The zero-order valence-corrected chi connectivity index (χ0v) is 5.27. The van der Waals surface area contributed by atoms with Gasteiger partial charge in [0, 0.05) is 11.8 Å². The molecule has 0 unspecified atom stereocenters. The highest BCUT2D eigenvalue weighted by Gasteiger charge is 2.55. The lowest BCUT2D eigenvalue weighted by Crippen LogP contribution is -2.37. The lowest BCUT2D eigenvalue weighted by molar-refractivity contribution is -0.133. The molecule has 6 heteroatoms. The monoisotopic (exact) mass is 186 g/mol. The molecule has 0 radical (unpaired) electrons. The number of hydrogen-bond acceptors (Lipinski definition) is 0. The molecule has 0 rings (SSSR count). The fraction of sp³-hybridized carbons (Fsp3) is 0.333. The van der Waals surface area contributed by atoms with Gasteiger partial charge in [-0.05, 0) is 0 Å². The van der Waals surface area contributed by atoms with Gasteiger partial charge in [-0.2, -0.15) is 17.6 Å². The maximum Gasteiger partial charge on any atom is 0.384 e. The fourth-order valence-electron chi connectivity index (χ4n) is 0.276. The first kappa shape index (κ1) is 10.7. The molecule has 0 aromatic carbocycles. The van der Waals surface area contributed by atoms with Gasteiger partial charge in [0.1, 0.15) is 12.3 Å². The van der Waals surface area contributed by atoms with Crippen LogP contribution in [0.25, 0.3) is 0 Å². The van der Waals surface area contributed by atoms with E-state index in [1.165, 1.54) is 0 Å². The van der Waals surface area contributed by atoms with E-state index in [0.29, 0.717) is 0 Å². The van der Waals surface area contributed by atoms with Crippen LogP contribution in [0.3, 0.4) is 0 Å². The van der Waals surface area contributed by atoms with Crippen LogP contribution in [0.1, 0.15) is 0 Å². The van der Waals surface area contributed by atoms with E-state index in [1.807, 2.05) is 0 Å². The highest BCUT2D eigenvalue weighted by molar-refractivity contribution is 5.21. The fourth-order valence-corrected chi connectivity index (χ4v) is 0.276. The van der Waals surface area contributed by atoms with Crippen molar-refractivity contribution in [2.75, 3.05) is 0 Å². The SMILES string of the molecule is FC#CC(F)(F)C(F)(F)C#CF. The Morgan fingerprint density at radius 1 is 0.667 bits per heavy atom. The first-order valence-corrected chi connectivity index (χ1v) is 2.38. The third-order valence-electron chi connectivity index (χ3n) is 0.803. The largest absolute Gasteiger partial charge is 0.384 e. The molecule has 0 spiro atoms. The maximum atomic E-state index is 12.0. The van der Waals surface area contributed by atoms with E-state index in [0.717, 1.165) is 0 Å². The number of hydrogen-bond donors (Lipinski definition) is 0. The second-order valence-electron chi connectivity index (χ2n) is 1.59. The molecule has 0 aromatic heterocycles. The molecule has 0 amide bonds. The number of alkyl halides is 4. The Balaban J connectivity index is 4.91. The molecule has 0 atom stereocenters. The van der Waals surface area contributed by atoms with Gasteiger partial charge in [-0.15, -0.1) is 8.78 Å². The Morgan fingerprint density at radius 3 is 1.08 bits per heavy atom. The second kappa shape index (κ2) is 3.40. The van der Waals surface area contributed by atoms with Gasteiger partial charge in [0.05, 0.1) is 0 Å². The molecule has 0 fully saturated rings.